The SMILES string of the molecule is O=[N+]([O-])c1ccc(N[C@H](CO)Cc2ccccc2)nc1. The Morgan fingerprint density at radius 2 is 2.00 bits per heavy atom. The highest BCUT2D eigenvalue weighted by Gasteiger charge is 2.10. The summed E-state index contributed by atoms with van der Waals surface area (Å²) in [7, 11) is 0. The van der Waals surface area contributed by atoms with Crippen molar-refractivity contribution in [3.63, 3.8) is 0 Å². The zero-order valence-corrected chi connectivity index (χ0v) is 10.8. The summed E-state index contributed by atoms with van der Waals surface area (Å²) >= 11 is 0. The van der Waals surface area contributed by atoms with Gasteiger partial charge >= 0.3 is 0 Å². The third-order valence-electron chi connectivity index (χ3n) is 2.86. The molecule has 1 atom stereocenters. The summed E-state index contributed by atoms with van der Waals surface area (Å²) in [6.45, 7) is -0.0481. The first-order chi connectivity index (χ1) is 9.69. The molecule has 6 heteroatoms. The Morgan fingerprint density at radius 3 is 2.55 bits per heavy atom. The fraction of sp³-hybridized carbons (Fsp3) is 0.214. The Balaban J connectivity index is 2.01. The molecule has 0 spiro atoms. The Bertz CT molecular complexity index is 558. The molecule has 0 radical (unpaired) electrons. The average Bonchev–Trinajstić information content (AvgIpc) is 2.48. The van der Waals surface area contributed by atoms with Gasteiger partial charge in [0.2, 0.25) is 0 Å². The number of nitrogens with one attached hydrogen (secondary N) is 1. The Hall–Kier alpha value is -2.47. The van der Waals surface area contributed by atoms with Crippen molar-refractivity contribution in [1.29, 1.82) is 0 Å². The highest BCUT2D eigenvalue weighted by atomic mass is 16.6. The second kappa shape index (κ2) is 6.63. The van der Waals surface area contributed by atoms with E-state index in [1.807, 2.05) is 30.3 Å². The largest absolute Gasteiger partial charge is 0.394 e. The molecule has 0 bridgehead atoms. The maximum Gasteiger partial charge on any atom is 0.287 e. The van der Waals surface area contributed by atoms with Gasteiger partial charge in [0.25, 0.3) is 5.69 Å². The molecule has 1 aromatic heterocycles. The number of hydrogen-bond donors (Lipinski definition) is 2. The third-order valence-corrected chi connectivity index (χ3v) is 2.86. The highest BCUT2D eigenvalue weighted by molar-refractivity contribution is 5.41. The maximum atomic E-state index is 10.5. The lowest BCUT2D eigenvalue weighted by atomic mass is 10.1. The molecule has 0 amide bonds. The molecule has 0 saturated heterocycles. The van der Waals surface area contributed by atoms with Crippen LogP contribution >= 0.6 is 0 Å². The van der Waals surface area contributed by atoms with Crippen LogP contribution in [0.15, 0.2) is 48.7 Å². The van der Waals surface area contributed by atoms with Crippen LogP contribution in [0.25, 0.3) is 0 Å². The summed E-state index contributed by atoms with van der Waals surface area (Å²) in [6.07, 6.45) is 1.84. The van der Waals surface area contributed by atoms with Crippen LogP contribution < -0.4 is 5.32 Å². The van der Waals surface area contributed by atoms with Crippen LogP contribution in [0.5, 0.6) is 0 Å². The number of pyridine rings is 1. The monoisotopic (exact) mass is 273 g/mol. The summed E-state index contributed by atoms with van der Waals surface area (Å²) in [5, 5.41) is 23.0. The Labute approximate surface area is 116 Å². The summed E-state index contributed by atoms with van der Waals surface area (Å²) in [4.78, 5) is 14.0. The van der Waals surface area contributed by atoms with Crippen LogP contribution in [0.2, 0.25) is 0 Å². The molecule has 2 N–H and O–H groups in total. The molecule has 0 saturated carbocycles. The zero-order valence-electron chi connectivity index (χ0n) is 10.8. The van der Waals surface area contributed by atoms with E-state index in [4.69, 9.17) is 0 Å². The first kappa shape index (κ1) is 14.0. The molecule has 104 valence electrons. The lowest BCUT2D eigenvalue weighted by Gasteiger charge is -2.16. The number of aliphatic hydroxyl groups is 1. The summed E-state index contributed by atoms with van der Waals surface area (Å²) in [5.41, 5.74) is 1.04. The fourth-order valence-electron chi connectivity index (χ4n) is 1.85. The minimum absolute atomic E-state index is 0.0481. The van der Waals surface area contributed by atoms with Crippen molar-refractivity contribution in [1.82, 2.24) is 4.98 Å². The number of aromatic nitrogens is 1. The van der Waals surface area contributed by atoms with Crippen molar-refractivity contribution in [3.8, 4) is 0 Å². The molecule has 20 heavy (non-hydrogen) atoms. The van der Waals surface area contributed by atoms with Gasteiger partial charge in [0.1, 0.15) is 12.0 Å². The molecule has 0 unspecified atom stereocenters. The van der Waals surface area contributed by atoms with E-state index in [1.54, 1.807) is 0 Å². The van der Waals surface area contributed by atoms with Gasteiger partial charge in [0.05, 0.1) is 17.6 Å². The number of anilines is 1. The second-order valence-electron chi connectivity index (χ2n) is 4.37. The van der Waals surface area contributed by atoms with Gasteiger partial charge in [-0.2, -0.15) is 0 Å². The molecule has 0 fully saturated rings. The summed E-state index contributed by atoms with van der Waals surface area (Å²) in [5.74, 6) is 0.505. The van der Waals surface area contributed by atoms with E-state index in [-0.39, 0.29) is 18.3 Å². The van der Waals surface area contributed by atoms with E-state index in [9.17, 15) is 15.2 Å². The van der Waals surface area contributed by atoms with Crippen LogP contribution in [0.4, 0.5) is 11.5 Å². The van der Waals surface area contributed by atoms with Gasteiger partial charge in [0, 0.05) is 6.07 Å². The van der Waals surface area contributed by atoms with Crippen molar-refractivity contribution < 1.29 is 10.0 Å². The topological polar surface area (TPSA) is 88.3 Å². The van der Waals surface area contributed by atoms with Crippen LogP contribution in [0.1, 0.15) is 5.56 Å². The molecule has 1 heterocycles. The first-order valence-electron chi connectivity index (χ1n) is 6.21. The number of aliphatic hydroxyl groups excluding tert-OH is 1. The van der Waals surface area contributed by atoms with Crippen molar-refractivity contribution in [2.45, 2.75) is 12.5 Å². The molecular weight excluding hydrogens is 258 g/mol. The van der Waals surface area contributed by atoms with E-state index < -0.39 is 4.92 Å². The normalized spacial score (nSPS) is 11.8. The standard InChI is InChI=1S/C14H15N3O3/c18-10-12(8-11-4-2-1-3-5-11)16-14-7-6-13(9-15-14)17(19)20/h1-7,9,12,18H,8,10H2,(H,15,16)/t12-/m0/s1. The number of nitro groups is 1. The highest BCUT2D eigenvalue weighted by Crippen LogP contribution is 2.13. The van der Waals surface area contributed by atoms with Gasteiger partial charge < -0.3 is 10.4 Å². The average molecular weight is 273 g/mol. The predicted octanol–water partition coefficient (Wildman–Crippen LogP) is 2.01. The minimum atomic E-state index is -0.496. The third kappa shape index (κ3) is 3.76. The van der Waals surface area contributed by atoms with Gasteiger partial charge in [-0.25, -0.2) is 4.98 Å². The van der Waals surface area contributed by atoms with E-state index in [2.05, 4.69) is 10.3 Å². The smallest absolute Gasteiger partial charge is 0.287 e. The van der Waals surface area contributed by atoms with Crippen LogP contribution in [-0.4, -0.2) is 27.7 Å². The molecule has 0 aliphatic heterocycles. The molecule has 2 rings (SSSR count). The fourth-order valence-corrected chi connectivity index (χ4v) is 1.85. The lowest BCUT2D eigenvalue weighted by molar-refractivity contribution is -0.385. The van der Waals surface area contributed by atoms with Crippen molar-refractivity contribution >= 4 is 11.5 Å². The lowest BCUT2D eigenvalue weighted by Crippen LogP contribution is -2.26. The van der Waals surface area contributed by atoms with Gasteiger partial charge in [-0.1, -0.05) is 30.3 Å². The molecule has 0 aliphatic carbocycles. The van der Waals surface area contributed by atoms with Gasteiger partial charge in [-0.05, 0) is 18.1 Å². The number of benzene rings is 1. The number of nitrogens with zero attached hydrogens (tertiary/aromatic N) is 2. The maximum absolute atomic E-state index is 10.5. The van der Waals surface area contributed by atoms with Crippen LogP contribution in [0, 0.1) is 10.1 Å². The van der Waals surface area contributed by atoms with E-state index >= 15 is 0 Å². The quantitative estimate of drug-likeness (QED) is 0.621. The number of hydrogen-bond acceptors (Lipinski definition) is 5. The van der Waals surface area contributed by atoms with Crippen LogP contribution in [0.3, 0.4) is 0 Å². The van der Waals surface area contributed by atoms with E-state index in [0.717, 1.165) is 5.56 Å². The first-order valence-corrected chi connectivity index (χ1v) is 6.21. The van der Waals surface area contributed by atoms with Crippen molar-refractivity contribution in [2.24, 2.45) is 0 Å². The second-order valence-corrected chi connectivity index (χ2v) is 4.37. The van der Waals surface area contributed by atoms with Gasteiger partial charge in [-0.15, -0.1) is 0 Å². The molecular formula is C14H15N3O3. The number of rotatable bonds is 6. The van der Waals surface area contributed by atoms with Crippen molar-refractivity contribution in [3.05, 3.63) is 64.3 Å². The Morgan fingerprint density at radius 1 is 1.25 bits per heavy atom. The molecule has 0 aliphatic rings. The molecule has 2 aromatic rings. The molecule has 1 aromatic carbocycles. The molecule has 6 nitrogen and oxygen atoms in total. The summed E-state index contributed by atoms with van der Waals surface area (Å²) in [6, 6.07) is 12.5. The summed E-state index contributed by atoms with van der Waals surface area (Å²) < 4.78 is 0. The minimum Gasteiger partial charge on any atom is -0.394 e. The van der Waals surface area contributed by atoms with E-state index in [1.165, 1.54) is 18.3 Å². The van der Waals surface area contributed by atoms with Gasteiger partial charge in [0.15, 0.2) is 0 Å². The van der Waals surface area contributed by atoms with E-state index in [0.29, 0.717) is 12.2 Å². The van der Waals surface area contributed by atoms with Crippen LogP contribution in [-0.2, 0) is 6.42 Å². The van der Waals surface area contributed by atoms with Crippen molar-refractivity contribution in [2.75, 3.05) is 11.9 Å². The predicted molar refractivity (Wildman–Crippen MR) is 75.5 cm³/mol. The zero-order chi connectivity index (χ0) is 14.4. The van der Waals surface area contributed by atoms with Gasteiger partial charge in [-0.3, -0.25) is 10.1 Å². The Kier molecular flexibility index (Phi) is 4.62.